The number of nitrogens with one attached hydrogen (secondary N) is 1. The maximum Gasteiger partial charge on any atom is 0.203 e. The molecular formula is C29H31N3O4. The van der Waals surface area contributed by atoms with Gasteiger partial charge in [-0.1, -0.05) is 24.8 Å². The molecule has 36 heavy (non-hydrogen) atoms. The van der Waals surface area contributed by atoms with E-state index in [1.807, 2.05) is 42.5 Å². The number of aromatic nitrogens is 1. The maximum atomic E-state index is 13.4. The van der Waals surface area contributed by atoms with Crippen LogP contribution < -0.4 is 29.9 Å². The normalized spacial score (nSPS) is 13.7. The number of anilines is 1. The van der Waals surface area contributed by atoms with E-state index in [9.17, 15) is 4.79 Å². The molecule has 1 fully saturated rings. The molecule has 3 aromatic carbocycles. The number of rotatable bonds is 8. The number of nitrogens with zero attached hydrogens (tertiary/aromatic N) is 2. The molecule has 1 aromatic heterocycles. The van der Waals surface area contributed by atoms with Crippen LogP contribution in [0.25, 0.3) is 21.8 Å². The van der Waals surface area contributed by atoms with Crippen LogP contribution in [0.4, 0.5) is 5.69 Å². The highest BCUT2D eigenvalue weighted by molar-refractivity contribution is 5.95. The summed E-state index contributed by atoms with van der Waals surface area (Å²) in [5, 5.41) is 4.81. The lowest BCUT2D eigenvalue weighted by molar-refractivity contribution is 0.300. The van der Waals surface area contributed by atoms with Gasteiger partial charge in [-0.3, -0.25) is 4.79 Å². The van der Waals surface area contributed by atoms with E-state index >= 15 is 0 Å². The van der Waals surface area contributed by atoms with Gasteiger partial charge in [0, 0.05) is 49.2 Å². The first-order valence-corrected chi connectivity index (χ1v) is 12.1. The summed E-state index contributed by atoms with van der Waals surface area (Å²) in [6.45, 7) is 8.35. The largest absolute Gasteiger partial charge is 0.493 e. The van der Waals surface area contributed by atoms with E-state index in [1.165, 1.54) is 0 Å². The van der Waals surface area contributed by atoms with Gasteiger partial charge in [-0.15, -0.1) is 0 Å². The SMILES string of the molecule is C=CCOc1c(OC)cc(Cn2c3ccccc3c(=O)c3ccc(N4CCNCC4)cc32)cc1OC. The van der Waals surface area contributed by atoms with E-state index in [-0.39, 0.29) is 5.43 Å². The number of benzene rings is 3. The van der Waals surface area contributed by atoms with Crippen LogP contribution in [0, 0.1) is 0 Å². The zero-order valence-corrected chi connectivity index (χ0v) is 20.8. The predicted octanol–water partition coefficient (Wildman–Crippen LogP) is 4.19. The molecule has 0 unspecified atom stereocenters. The fourth-order valence-electron chi connectivity index (χ4n) is 4.89. The number of fused-ring (bicyclic) bond motifs is 2. The Balaban J connectivity index is 1.69. The van der Waals surface area contributed by atoms with Gasteiger partial charge in [0.1, 0.15) is 6.61 Å². The Morgan fingerprint density at radius 2 is 1.64 bits per heavy atom. The highest BCUT2D eigenvalue weighted by atomic mass is 16.5. The van der Waals surface area contributed by atoms with Crippen LogP contribution in [0.2, 0.25) is 0 Å². The van der Waals surface area contributed by atoms with Crippen LogP contribution in [-0.2, 0) is 6.54 Å². The van der Waals surface area contributed by atoms with E-state index < -0.39 is 0 Å². The van der Waals surface area contributed by atoms with Crippen molar-refractivity contribution >= 4 is 27.5 Å². The molecule has 4 aromatic rings. The summed E-state index contributed by atoms with van der Waals surface area (Å²) >= 11 is 0. The van der Waals surface area contributed by atoms with Crippen LogP contribution >= 0.6 is 0 Å². The third-order valence-electron chi connectivity index (χ3n) is 6.64. The van der Waals surface area contributed by atoms with E-state index in [1.54, 1.807) is 20.3 Å². The molecule has 0 bridgehead atoms. The molecule has 0 atom stereocenters. The minimum Gasteiger partial charge on any atom is -0.493 e. The van der Waals surface area contributed by atoms with Crippen molar-refractivity contribution in [2.45, 2.75) is 6.54 Å². The van der Waals surface area contributed by atoms with Gasteiger partial charge in [0.15, 0.2) is 16.9 Å². The Morgan fingerprint density at radius 1 is 0.944 bits per heavy atom. The lowest BCUT2D eigenvalue weighted by atomic mass is 10.1. The van der Waals surface area contributed by atoms with Gasteiger partial charge >= 0.3 is 0 Å². The van der Waals surface area contributed by atoms with Crippen molar-refractivity contribution in [3.63, 3.8) is 0 Å². The molecule has 0 spiro atoms. The highest BCUT2D eigenvalue weighted by Crippen LogP contribution is 2.39. The van der Waals surface area contributed by atoms with Gasteiger partial charge in [-0.25, -0.2) is 0 Å². The summed E-state index contributed by atoms with van der Waals surface area (Å²) in [6.07, 6.45) is 1.68. The number of para-hydroxylation sites is 1. The Bertz CT molecular complexity index is 1450. The van der Waals surface area contributed by atoms with E-state index in [0.29, 0.717) is 41.2 Å². The first-order chi connectivity index (χ1) is 17.6. The molecular weight excluding hydrogens is 454 g/mol. The maximum absolute atomic E-state index is 13.4. The van der Waals surface area contributed by atoms with E-state index in [4.69, 9.17) is 14.2 Å². The average molecular weight is 486 g/mol. The van der Waals surface area contributed by atoms with Gasteiger partial charge in [-0.2, -0.15) is 0 Å². The fraction of sp³-hybridized carbons (Fsp3) is 0.276. The standard InChI is InChI=1S/C29H31N3O4/c1-4-15-36-29-26(34-2)16-20(17-27(29)35-3)19-32-24-8-6-5-7-22(24)28(33)23-10-9-21(18-25(23)32)31-13-11-30-12-14-31/h4-10,16-18,30H,1,11-15,19H2,2-3H3. The van der Waals surface area contributed by atoms with Crippen LogP contribution in [0.5, 0.6) is 17.2 Å². The summed E-state index contributed by atoms with van der Waals surface area (Å²) in [5.41, 5.74) is 3.93. The molecule has 0 saturated carbocycles. The Kier molecular flexibility index (Phi) is 6.82. The Morgan fingerprint density at radius 3 is 2.33 bits per heavy atom. The van der Waals surface area contributed by atoms with Crippen LogP contribution in [0.3, 0.4) is 0 Å². The smallest absolute Gasteiger partial charge is 0.203 e. The summed E-state index contributed by atoms with van der Waals surface area (Å²) in [4.78, 5) is 15.8. The van der Waals surface area contributed by atoms with Crippen molar-refractivity contribution < 1.29 is 14.2 Å². The fourth-order valence-corrected chi connectivity index (χ4v) is 4.89. The number of pyridine rings is 1. The summed E-state index contributed by atoms with van der Waals surface area (Å²) < 4.78 is 19.3. The number of ether oxygens (including phenoxy) is 3. The lowest BCUT2D eigenvalue weighted by Gasteiger charge is -2.30. The number of hydrogen-bond donors (Lipinski definition) is 1. The van der Waals surface area contributed by atoms with Crippen molar-refractivity contribution in [2.24, 2.45) is 0 Å². The molecule has 0 aliphatic carbocycles. The van der Waals surface area contributed by atoms with Gasteiger partial charge in [0.25, 0.3) is 0 Å². The minimum atomic E-state index is 0.0482. The second kappa shape index (κ2) is 10.3. The van der Waals surface area contributed by atoms with Gasteiger partial charge in [0.2, 0.25) is 5.75 Å². The van der Waals surface area contributed by atoms with Crippen molar-refractivity contribution in [1.29, 1.82) is 0 Å². The second-order valence-electron chi connectivity index (χ2n) is 8.80. The van der Waals surface area contributed by atoms with E-state index in [0.717, 1.165) is 48.5 Å². The monoisotopic (exact) mass is 485 g/mol. The third-order valence-corrected chi connectivity index (χ3v) is 6.64. The third kappa shape index (κ3) is 4.38. The van der Waals surface area contributed by atoms with Crippen LogP contribution in [-0.4, -0.2) is 51.6 Å². The van der Waals surface area contributed by atoms with Crippen molar-refractivity contribution in [1.82, 2.24) is 9.88 Å². The zero-order valence-electron chi connectivity index (χ0n) is 20.8. The van der Waals surface area contributed by atoms with Gasteiger partial charge in [0.05, 0.1) is 25.3 Å². The van der Waals surface area contributed by atoms with Crippen molar-refractivity contribution in [3.8, 4) is 17.2 Å². The summed E-state index contributed by atoms with van der Waals surface area (Å²) in [6, 6.07) is 17.9. The summed E-state index contributed by atoms with van der Waals surface area (Å²) in [7, 11) is 3.23. The predicted molar refractivity (Wildman–Crippen MR) is 145 cm³/mol. The quantitative estimate of drug-likeness (QED) is 0.298. The first-order valence-electron chi connectivity index (χ1n) is 12.1. The number of piperazine rings is 1. The van der Waals surface area contributed by atoms with Gasteiger partial charge < -0.3 is 29.0 Å². The number of methoxy groups -OCH3 is 2. The zero-order chi connectivity index (χ0) is 25.1. The lowest BCUT2D eigenvalue weighted by Crippen LogP contribution is -2.43. The van der Waals surface area contributed by atoms with Crippen molar-refractivity contribution in [2.75, 3.05) is 51.9 Å². The summed E-state index contributed by atoms with van der Waals surface area (Å²) in [5.74, 6) is 1.71. The van der Waals surface area contributed by atoms with E-state index in [2.05, 4.69) is 33.5 Å². The Hall–Kier alpha value is -3.97. The molecule has 5 rings (SSSR count). The molecule has 1 saturated heterocycles. The van der Waals surface area contributed by atoms with Crippen molar-refractivity contribution in [3.05, 3.63) is 83.0 Å². The molecule has 1 aliphatic rings. The second-order valence-corrected chi connectivity index (χ2v) is 8.80. The molecule has 7 heteroatoms. The molecule has 7 nitrogen and oxygen atoms in total. The van der Waals surface area contributed by atoms with Crippen LogP contribution in [0.1, 0.15) is 5.56 Å². The molecule has 1 N–H and O–H groups in total. The van der Waals surface area contributed by atoms with Gasteiger partial charge in [-0.05, 0) is 48.0 Å². The Labute approximate surface area is 210 Å². The topological polar surface area (TPSA) is 65.0 Å². The molecule has 0 radical (unpaired) electrons. The molecule has 2 heterocycles. The minimum absolute atomic E-state index is 0.0482. The van der Waals surface area contributed by atoms with Crippen LogP contribution in [0.15, 0.2) is 72.0 Å². The first kappa shape index (κ1) is 23.8. The highest BCUT2D eigenvalue weighted by Gasteiger charge is 2.18. The molecule has 1 aliphatic heterocycles. The number of hydrogen-bond acceptors (Lipinski definition) is 6. The average Bonchev–Trinajstić information content (AvgIpc) is 2.94. The molecule has 0 amide bonds. The molecule has 186 valence electrons.